The minimum atomic E-state index is -1.29. The van der Waals surface area contributed by atoms with E-state index in [1.807, 2.05) is 20.8 Å². The Bertz CT molecular complexity index is 299. The van der Waals surface area contributed by atoms with Crippen LogP contribution in [-0.2, 0) is 4.79 Å². The zero-order chi connectivity index (χ0) is 11.0. The van der Waals surface area contributed by atoms with Gasteiger partial charge in [-0.3, -0.25) is 0 Å². The quantitative estimate of drug-likeness (QED) is 0.680. The van der Waals surface area contributed by atoms with E-state index in [0.717, 1.165) is 6.29 Å². The average Bonchev–Trinajstić information content (AvgIpc) is 2.08. The summed E-state index contributed by atoms with van der Waals surface area (Å²) in [5.74, 6) is -0.569. The Hall–Kier alpha value is -0.600. The first-order chi connectivity index (χ1) is 6.34. The molecule has 3 heteroatoms. The Morgan fingerprint density at radius 1 is 1.57 bits per heavy atom. The molecule has 0 radical (unpaired) electrons. The number of halogens is 1. The van der Waals surface area contributed by atoms with Crippen molar-refractivity contribution in [1.29, 1.82) is 0 Å². The molecule has 0 heterocycles. The van der Waals surface area contributed by atoms with Crippen molar-refractivity contribution in [3.63, 3.8) is 0 Å². The van der Waals surface area contributed by atoms with Crippen molar-refractivity contribution in [1.82, 2.24) is 0 Å². The van der Waals surface area contributed by atoms with Gasteiger partial charge in [-0.25, -0.2) is 0 Å². The molecule has 0 bridgehead atoms. The van der Waals surface area contributed by atoms with Crippen molar-refractivity contribution >= 4 is 17.9 Å². The SMILES string of the molecule is CC(C)(C)C1(O)C(Cl)=CC=CC1C=O. The molecule has 0 aliphatic heterocycles. The van der Waals surface area contributed by atoms with Crippen molar-refractivity contribution in [2.24, 2.45) is 11.3 Å². The molecule has 0 saturated heterocycles. The predicted octanol–water partition coefficient (Wildman–Crippen LogP) is 2.27. The lowest BCUT2D eigenvalue weighted by Crippen LogP contribution is -2.50. The topological polar surface area (TPSA) is 37.3 Å². The maximum Gasteiger partial charge on any atom is 0.130 e. The number of carbonyl (C=O) groups is 1. The largest absolute Gasteiger partial charge is 0.383 e. The predicted molar refractivity (Wildman–Crippen MR) is 57.0 cm³/mol. The summed E-state index contributed by atoms with van der Waals surface area (Å²) < 4.78 is 0. The third-order valence-corrected chi connectivity index (χ3v) is 3.11. The van der Waals surface area contributed by atoms with Crippen LogP contribution in [0.2, 0.25) is 0 Å². The van der Waals surface area contributed by atoms with E-state index in [1.165, 1.54) is 0 Å². The van der Waals surface area contributed by atoms with Gasteiger partial charge in [0.1, 0.15) is 11.9 Å². The highest BCUT2D eigenvalue weighted by Crippen LogP contribution is 2.45. The lowest BCUT2D eigenvalue weighted by atomic mass is 9.67. The number of aliphatic hydroxyl groups is 1. The Labute approximate surface area is 89.3 Å². The molecule has 2 atom stereocenters. The second-order valence-corrected chi connectivity index (χ2v) is 4.98. The first kappa shape index (κ1) is 11.5. The van der Waals surface area contributed by atoms with Gasteiger partial charge in [-0.15, -0.1) is 0 Å². The van der Waals surface area contributed by atoms with Gasteiger partial charge in [0.15, 0.2) is 0 Å². The molecule has 0 fully saturated rings. The van der Waals surface area contributed by atoms with Crippen molar-refractivity contribution in [2.75, 3.05) is 0 Å². The van der Waals surface area contributed by atoms with Crippen LogP contribution < -0.4 is 0 Å². The van der Waals surface area contributed by atoms with E-state index in [9.17, 15) is 9.90 Å². The number of hydrogen-bond acceptors (Lipinski definition) is 2. The first-order valence-corrected chi connectivity index (χ1v) is 4.94. The highest BCUT2D eigenvalue weighted by atomic mass is 35.5. The van der Waals surface area contributed by atoms with Crippen molar-refractivity contribution in [3.05, 3.63) is 23.3 Å². The molecule has 0 aromatic carbocycles. The third-order valence-electron chi connectivity index (χ3n) is 2.70. The molecule has 0 aromatic rings. The standard InChI is InChI=1S/C11H15ClO2/c1-10(2,3)11(14)8(7-13)5-4-6-9(11)12/h4-8,14H,1-3H3. The normalized spacial score (nSPS) is 32.6. The number of rotatable bonds is 1. The van der Waals surface area contributed by atoms with E-state index in [2.05, 4.69) is 0 Å². The summed E-state index contributed by atoms with van der Waals surface area (Å²) in [6.07, 6.45) is 5.73. The smallest absolute Gasteiger partial charge is 0.130 e. The minimum Gasteiger partial charge on any atom is -0.383 e. The van der Waals surface area contributed by atoms with Crippen LogP contribution >= 0.6 is 11.6 Å². The van der Waals surface area contributed by atoms with Gasteiger partial charge < -0.3 is 9.90 Å². The van der Waals surface area contributed by atoms with Crippen LogP contribution in [0.1, 0.15) is 20.8 Å². The highest BCUT2D eigenvalue weighted by molar-refractivity contribution is 6.31. The second-order valence-electron chi connectivity index (χ2n) is 4.58. The van der Waals surface area contributed by atoms with E-state index in [1.54, 1.807) is 18.2 Å². The van der Waals surface area contributed by atoms with Crippen LogP contribution in [0, 0.1) is 11.3 Å². The molecule has 1 aliphatic carbocycles. The summed E-state index contributed by atoms with van der Waals surface area (Å²) in [5, 5.41) is 10.8. The minimum absolute atomic E-state index is 0.324. The molecule has 1 rings (SSSR count). The first-order valence-electron chi connectivity index (χ1n) is 4.56. The molecular weight excluding hydrogens is 200 g/mol. The Balaban J connectivity index is 3.22. The summed E-state index contributed by atoms with van der Waals surface area (Å²) in [7, 11) is 0. The maximum atomic E-state index is 10.9. The summed E-state index contributed by atoms with van der Waals surface area (Å²) in [6, 6.07) is 0. The van der Waals surface area contributed by atoms with Crippen molar-refractivity contribution in [3.8, 4) is 0 Å². The van der Waals surface area contributed by atoms with E-state index in [4.69, 9.17) is 11.6 Å². The number of hydrogen-bond donors (Lipinski definition) is 1. The summed E-state index contributed by atoms with van der Waals surface area (Å²) >= 11 is 5.98. The molecule has 1 aliphatic rings. The van der Waals surface area contributed by atoms with Gasteiger partial charge >= 0.3 is 0 Å². The summed E-state index contributed by atoms with van der Waals surface area (Å²) in [4.78, 5) is 10.9. The molecule has 78 valence electrons. The molecule has 0 amide bonds. The van der Waals surface area contributed by atoms with Crippen LogP contribution in [-0.4, -0.2) is 17.0 Å². The van der Waals surface area contributed by atoms with Gasteiger partial charge in [-0.1, -0.05) is 44.5 Å². The zero-order valence-electron chi connectivity index (χ0n) is 8.62. The molecule has 0 aromatic heterocycles. The lowest BCUT2D eigenvalue weighted by Gasteiger charge is -2.44. The van der Waals surface area contributed by atoms with Crippen LogP contribution in [0.25, 0.3) is 0 Å². The van der Waals surface area contributed by atoms with Crippen LogP contribution in [0.15, 0.2) is 23.3 Å². The zero-order valence-corrected chi connectivity index (χ0v) is 9.38. The molecule has 1 N–H and O–H groups in total. The van der Waals surface area contributed by atoms with Gasteiger partial charge in [0.05, 0.1) is 11.0 Å². The van der Waals surface area contributed by atoms with E-state index < -0.39 is 16.9 Å². The average molecular weight is 215 g/mol. The lowest BCUT2D eigenvalue weighted by molar-refractivity contribution is -0.121. The van der Waals surface area contributed by atoms with Crippen molar-refractivity contribution < 1.29 is 9.90 Å². The summed E-state index contributed by atoms with van der Waals surface area (Å²) in [6.45, 7) is 5.58. The molecular formula is C11H15ClO2. The van der Waals surface area contributed by atoms with Crippen LogP contribution in [0.5, 0.6) is 0 Å². The number of allylic oxidation sites excluding steroid dienone is 2. The fraction of sp³-hybridized carbons (Fsp3) is 0.545. The Kier molecular flexibility index (Phi) is 2.88. The molecule has 2 nitrogen and oxygen atoms in total. The maximum absolute atomic E-state index is 10.9. The van der Waals surface area contributed by atoms with Crippen molar-refractivity contribution in [2.45, 2.75) is 26.4 Å². The van der Waals surface area contributed by atoms with E-state index in [0.29, 0.717) is 5.03 Å². The van der Waals surface area contributed by atoms with E-state index in [-0.39, 0.29) is 0 Å². The number of aldehydes is 1. The van der Waals surface area contributed by atoms with E-state index >= 15 is 0 Å². The Morgan fingerprint density at radius 3 is 2.50 bits per heavy atom. The summed E-state index contributed by atoms with van der Waals surface area (Å²) in [5.41, 5.74) is -1.76. The Morgan fingerprint density at radius 2 is 2.14 bits per heavy atom. The third kappa shape index (κ3) is 1.53. The molecule has 0 saturated carbocycles. The molecule has 0 spiro atoms. The van der Waals surface area contributed by atoms with Gasteiger partial charge in [-0.2, -0.15) is 0 Å². The van der Waals surface area contributed by atoms with Gasteiger partial charge in [0, 0.05) is 0 Å². The van der Waals surface area contributed by atoms with Crippen LogP contribution in [0.4, 0.5) is 0 Å². The fourth-order valence-electron chi connectivity index (χ4n) is 1.69. The van der Waals surface area contributed by atoms with Gasteiger partial charge in [0.2, 0.25) is 0 Å². The van der Waals surface area contributed by atoms with Crippen LogP contribution in [0.3, 0.4) is 0 Å². The molecule has 14 heavy (non-hydrogen) atoms. The monoisotopic (exact) mass is 214 g/mol. The molecule has 2 unspecified atom stereocenters. The second kappa shape index (κ2) is 3.52. The van der Waals surface area contributed by atoms with Gasteiger partial charge in [0.25, 0.3) is 0 Å². The fourth-order valence-corrected chi connectivity index (χ4v) is 2.17. The number of carbonyl (C=O) groups excluding carboxylic acids is 1. The highest BCUT2D eigenvalue weighted by Gasteiger charge is 2.49. The van der Waals surface area contributed by atoms with Gasteiger partial charge in [-0.05, 0) is 11.5 Å².